The topological polar surface area (TPSA) is 29.5 Å². The Hall–Kier alpha value is -0.952. The van der Waals surface area contributed by atoms with E-state index < -0.39 is 14.7 Å². The summed E-state index contributed by atoms with van der Waals surface area (Å²) in [6, 6.07) is 7.79. The van der Waals surface area contributed by atoms with Gasteiger partial charge in [0.15, 0.2) is 0 Å². The summed E-state index contributed by atoms with van der Waals surface area (Å²) in [5, 5.41) is 0. The molecule has 0 bridgehead atoms. The van der Waals surface area contributed by atoms with Gasteiger partial charge in [0, 0.05) is 0 Å². The fraction of sp³-hybridized carbons (Fsp3) is 0.364. The fourth-order valence-electron chi connectivity index (χ4n) is 1.02. The van der Waals surface area contributed by atoms with Crippen molar-refractivity contribution in [1.82, 2.24) is 4.90 Å². The molecule has 1 aromatic rings. The van der Waals surface area contributed by atoms with Gasteiger partial charge < -0.3 is 0 Å². The van der Waals surface area contributed by atoms with Crippen molar-refractivity contribution in [3.63, 3.8) is 0 Å². The Labute approximate surface area is 95.3 Å². The molecule has 1 aromatic carbocycles. The average Bonchev–Trinajstić information content (AvgIpc) is 2.18. The van der Waals surface area contributed by atoms with Gasteiger partial charge in [0.05, 0.1) is 0 Å². The van der Waals surface area contributed by atoms with Crippen LogP contribution in [0.15, 0.2) is 24.3 Å². The van der Waals surface area contributed by atoms with Gasteiger partial charge in [-0.1, -0.05) is 0 Å². The second kappa shape index (κ2) is 5.22. The van der Waals surface area contributed by atoms with Gasteiger partial charge in [-0.3, -0.25) is 0 Å². The third-order valence-electron chi connectivity index (χ3n) is 1.90. The van der Waals surface area contributed by atoms with E-state index in [1.807, 2.05) is 18.2 Å². The first kappa shape index (κ1) is 12.1. The van der Waals surface area contributed by atoms with Crippen LogP contribution in [-0.2, 0) is 0 Å². The molecule has 15 heavy (non-hydrogen) atoms. The molecule has 0 aromatic heterocycles. The molecule has 1 amide bonds. The van der Waals surface area contributed by atoms with Crippen LogP contribution in [-0.4, -0.2) is 39.7 Å². The fourth-order valence-corrected chi connectivity index (χ4v) is 2.63. The first-order valence-electron chi connectivity index (χ1n) is 4.67. The van der Waals surface area contributed by atoms with E-state index in [2.05, 4.69) is 17.5 Å². The van der Waals surface area contributed by atoms with Crippen LogP contribution in [0.1, 0.15) is 0 Å². The maximum atomic E-state index is 11.3. The van der Waals surface area contributed by atoms with E-state index in [4.69, 9.17) is 4.74 Å². The number of rotatable bonds is 2. The van der Waals surface area contributed by atoms with Crippen molar-refractivity contribution >= 4 is 25.1 Å². The van der Waals surface area contributed by atoms with Crippen molar-refractivity contribution in [2.75, 3.05) is 14.1 Å². The molecule has 0 atom stereocenters. The molecule has 0 unspecified atom stereocenters. The first-order valence-corrected chi connectivity index (χ1v) is 9.36. The standard InChI is InChI=1S/C11H16AsNO2/c1-12(2)9-6-5-7-10(8-9)15-11(14)13(3)4/h5-8H,1-4H3. The number of carbonyl (C=O) groups is 1. The van der Waals surface area contributed by atoms with E-state index in [1.165, 1.54) is 9.25 Å². The van der Waals surface area contributed by atoms with E-state index in [-0.39, 0.29) is 6.09 Å². The molecule has 0 aliphatic carbocycles. The van der Waals surface area contributed by atoms with Crippen LogP contribution in [0.3, 0.4) is 0 Å². The van der Waals surface area contributed by atoms with Crippen molar-refractivity contribution < 1.29 is 9.53 Å². The summed E-state index contributed by atoms with van der Waals surface area (Å²) in [7, 11) is 3.34. The van der Waals surface area contributed by atoms with E-state index >= 15 is 0 Å². The molecular weight excluding hydrogens is 253 g/mol. The van der Waals surface area contributed by atoms with E-state index in [1.54, 1.807) is 14.1 Å². The molecule has 0 radical (unpaired) electrons. The average molecular weight is 269 g/mol. The number of hydrogen-bond donors (Lipinski definition) is 0. The Morgan fingerprint density at radius 2 is 2.00 bits per heavy atom. The minimum atomic E-state index is -0.895. The van der Waals surface area contributed by atoms with Crippen LogP contribution in [0.2, 0.25) is 11.4 Å². The number of nitrogens with zero attached hydrogens (tertiary/aromatic N) is 1. The zero-order chi connectivity index (χ0) is 11.4. The Morgan fingerprint density at radius 1 is 1.33 bits per heavy atom. The number of benzene rings is 1. The Kier molecular flexibility index (Phi) is 4.22. The monoisotopic (exact) mass is 269 g/mol. The van der Waals surface area contributed by atoms with E-state index in [9.17, 15) is 4.79 Å². The molecule has 0 spiro atoms. The van der Waals surface area contributed by atoms with Gasteiger partial charge in [-0.15, -0.1) is 0 Å². The normalized spacial score (nSPS) is 10.2. The third-order valence-corrected chi connectivity index (χ3v) is 4.65. The predicted octanol–water partition coefficient (Wildman–Crippen LogP) is 1.71. The van der Waals surface area contributed by atoms with Gasteiger partial charge in [-0.05, 0) is 0 Å². The van der Waals surface area contributed by atoms with Crippen LogP contribution in [0, 0.1) is 0 Å². The molecule has 0 aliphatic rings. The van der Waals surface area contributed by atoms with Gasteiger partial charge in [-0.25, -0.2) is 0 Å². The second-order valence-electron chi connectivity index (χ2n) is 3.65. The predicted molar refractivity (Wildman–Crippen MR) is 63.3 cm³/mol. The Bertz CT molecular complexity index is 350. The molecule has 0 saturated carbocycles. The first-order chi connectivity index (χ1) is 7.00. The SMILES string of the molecule is CN(C)C(=O)Oc1cccc([As](C)C)c1. The van der Waals surface area contributed by atoms with Crippen LogP contribution in [0.25, 0.3) is 0 Å². The van der Waals surface area contributed by atoms with Crippen LogP contribution < -0.4 is 9.09 Å². The van der Waals surface area contributed by atoms with Gasteiger partial charge in [0.25, 0.3) is 0 Å². The summed E-state index contributed by atoms with van der Waals surface area (Å²) in [5.74, 6) is 0.634. The number of carbonyl (C=O) groups excluding carboxylic acids is 1. The van der Waals surface area contributed by atoms with E-state index in [0.717, 1.165) is 0 Å². The molecular formula is C11H16AsNO2. The molecule has 4 heteroatoms. The Balaban J connectivity index is 2.78. The summed E-state index contributed by atoms with van der Waals surface area (Å²) in [5.41, 5.74) is 4.50. The van der Waals surface area contributed by atoms with E-state index in [0.29, 0.717) is 5.75 Å². The minimum absolute atomic E-state index is 0.335. The summed E-state index contributed by atoms with van der Waals surface area (Å²) >= 11 is -0.895. The summed E-state index contributed by atoms with van der Waals surface area (Å²) in [6.07, 6.45) is -0.335. The van der Waals surface area contributed by atoms with Gasteiger partial charge in [-0.2, -0.15) is 0 Å². The van der Waals surface area contributed by atoms with Crippen molar-refractivity contribution in [2.45, 2.75) is 11.4 Å². The van der Waals surface area contributed by atoms with Crippen LogP contribution in [0.4, 0.5) is 4.79 Å². The molecule has 0 fully saturated rings. The molecule has 3 nitrogen and oxygen atoms in total. The van der Waals surface area contributed by atoms with Gasteiger partial charge in [0.2, 0.25) is 0 Å². The zero-order valence-corrected chi connectivity index (χ0v) is 11.4. The van der Waals surface area contributed by atoms with Gasteiger partial charge in [0.1, 0.15) is 0 Å². The molecule has 1 rings (SSSR count). The van der Waals surface area contributed by atoms with Crippen LogP contribution in [0.5, 0.6) is 5.75 Å². The number of ether oxygens (including phenoxy) is 1. The van der Waals surface area contributed by atoms with Crippen LogP contribution >= 0.6 is 0 Å². The third kappa shape index (κ3) is 3.60. The Morgan fingerprint density at radius 3 is 2.53 bits per heavy atom. The number of amides is 1. The van der Waals surface area contributed by atoms with Crippen molar-refractivity contribution in [1.29, 1.82) is 0 Å². The van der Waals surface area contributed by atoms with Gasteiger partial charge >= 0.3 is 95.1 Å². The zero-order valence-electron chi connectivity index (χ0n) is 9.52. The quantitative estimate of drug-likeness (QED) is 0.765. The van der Waals surface area contributed by atoms with Crippen molar-refractivity contribution in [3.05, 3.63) is 24.3 Å². The molecule has 0 heterocycles. The molecule has 0 N–H and O–H groups in total. The molecule has 0 aliphatic heterocycles. The molecule has 0 saturated heterocycles. The summed E-state index contributed by atoms with van der Waals surface area (Å²) in [4.78, 5) is 12.7. The summed E-state index contributed by atoms with van der Waals surface area (Å²) in [6.45, 7) is 0. The maximum absolute atomic E-state index is 11.3. The number of hydrogen-bond acceptors (Lipinski definition) is 2. The second-order valence-corrected chi connectivity index (χ2v) is 8.49. The summed E-state index contributed by atoms with van der Waals surface area (Å²) < 4.78 is 6.49. The van der Waals surface area contributed by atoms with Crippen molar-refractivity contribution in [3.8, 4) is 5.75 Å². The van der Waals surface area contributed by atoms with Crippen molar-refractivity contribution in [2.24, 2.45) is 0 Å². The molecule has 82 valence electrons.